The molecule has 0 aromatic rings. The van der Waals surface area contributed by atoms with Crippen molar-refractivity contribution in [3.05, 3.63) is 0 Å². The van der Waals surface area contributed by atoms with Gasteiger partial charge in [-0.05, 0) is 65.7 Å². The zero-order valence-corrected chi connectivity index (χ0v) is 25.8. The zero-order valence-electron chi connectivity index (χ0n) is 19.7. The molecular weight excluding hydrogens is 510 g/mol. The third-order valence-electron chi connectivity index (χ3n) is 4.23. The molecule has 3 nitrogen and oxygen atoms in total. The number of epoxide rings is 1. The van der Waals surface area contributed by atoms with Crippen LogP contribution >= 0.6 is 28.4 Å². The van der Waals surface area contributed by atoms with Gasteiger partial charge in [0.05, 0.1) is 12.2 Å². The fraction of sp³-hybridized carbons (Fsp3) is 0.955. The third-order valence-corrected chi connectivity index (χ3v) is 4.23. The molecule has 3 rings (SSSR count). The molecule has 164 valence electrons. The normalized spacial score (nSPS) is 21.6. The van der Waals surface area contributed by atoms with Gasteiger partial charge in [-0.3, -0.25) is 4.79 Å². The summed E-state index contributed by atoms with van der Waals surface area (Å²) in [6, 6.07) is 0. The van der Waals surface area contributed by atoms with Crippen LogP contribution in [0.15, 0.2) is 0 Å². The first-order valence-corrected chi connectivity index (χ1v) is 15.9. The van der Waals surface area contributed by atoms with Crippen molar-refractivity contribution in [1.29, 1.82) is 0 Å². The molecule has 0 aromatic carbocycles. The molecule has 0 atom stereocenters. The van der Waals surface area contributed by atoms with E-state index in [-0.39, 0.29) is 58.6 Å². The number of carbonyl (C=O) groups excluding carboxylic acids is 1. The molecule has 1 spiro atoms. The molecule has 0 aromatic heterocycles. The zero-order chi connectivity index (χ0) is 21.0. The molecule has 0 amide bonds. The minimum Gasteiger partial charge on any atom is -0.850 e. The average molecular weight is 555 g/mol. The maximum absolute atomic E-state index is 10.7. The van der Waals surface area contributed by atoms with E-state index in [1.165, 1.54) is 51.4 Å². The molecule has 0 unspecified atom stereocenters. The maximum atomic E-state index is 10.7. The van der Waals surface area contributed by atoms with Crippen molar-refractivity contribution >= 4 is 34.2 Å². The number of carbonyl (C=O) groups is 1. The number of ketones is 1. The third kappa shape index (κ3) is 28.3. The molecule has 2 aliphatic carbocycles. The predicted molar refractivity (Wildman–Crippen MR) is 128 cm³/mol. The Hall–Kier alpha value is 2.31. The van der Waals surface area contributed by atoms with Crippen molar-refractivity contribution in [3.63, 3.8) is 0 Å². The van der Waals surface area contributed by atoms with Crippen LogP contribution in [0.4, 0.5) is 0 Å². The molecule has 0 radical (unpaired) electrons. The van der Waals surface area contributed by atoms with Gasteiger partial charge in [0.15, 0.2) is 0 Å². The minimum absolute atomic E-state index is 0. The number of hydrogen-bond acceptors (Lipinski definition) is 3. The summed E-state index contributed by atoms with van der Waals surface area (Å²) in [4.78, 5) is 10.7. The number of hydrogen-bond donors (Lipinski definition) is 0. The van der Waals surface area contributed by atoms with Crippen molar-refractivity contribution < 1.29 is 66.0 Å². The number of Topliss-reactive ketones (excluding diaryl/α,β-unsaturated/α-hetero) is 1. The summed E-state index contributed by atoms with van der Waals surface area (Å²) in [5.41, 5.74) is -0.337. The minimum atomic E-state index is -0.750. The molecule has 1 aliphatic heterocycles. The summed E-state index contributed by atoms with van der Waals surface area (Å²) in [6.07, 6.45) is 21.6. The molecule has 2 saturated carbocycles. The van der Waals surface area contributed by atoms with E-state index in [0.29, 0.717) is 11.4 Å². The molecular formula is C22H44IKO3S. The molecule has 28 heavy (non-hydrogen) atoms. The summed E-state index contributed by atoms with van der Waals surface area (Å²) in [5.74, 6) is 0.475. The van der Waals surface area contributed by atoms with E-state index >= 15 is 0 Å². The molecule has 0 bridgehead atoms. The second kappa shape index (κ2) is 16.9. The first-order valence-electron chi connectivity index (χ1n) is 10.5. The van der Waals surface area contributed by atoms with Gasteiger partial charge in [-0.25, -0.2) is 0 Å². The first kappa shape index (κ1) is 32.5. The van der Waals surface area contributed by atoms with Gasteiger partial charge in [-0.15, -0.1) is 5.60 Å². The van der Waals surface area contributed by atoms with Gasteiger partial charge < -0.3 is 9.84 Å². The van der Waals surface area contributed by atoms with Crippen LogP contribution in [-0.4, -0.2) is 42.4 Å². The summed E-state index contributed by atoms with van der Waals surface area (Å²) in [5, 5.41) is 10.1. The van der Waals surface area contributed by atoms with Gasteiger partial charge in [0.25, 0.3) is 0 Å². The molecule has 3 aliphatic rings. The Labute approximate surface area is 231 Å². The van der Waals surface area contributed by atoms with Crippen LogP contribution in [0.25, 0.3) is 0 Å². The Kier molecular flexibility index (Phi) is 19.6. The van der Waals surface area contributed by atoms with Crippen molar-refractivity contribution in [1.82, 2.24) is 0 Å². The van der Waals surface area contributed by atoms with E-state index in [4.69, 9.17) is 4.74 Å². The molecule has 3 fully saturated rings. The fourth-order valence-corrected chi connectivity index (χ4v) is 2.89. The van der Waals surface area contributed by atoms with E-state index in [9.17, 15) is 9.90 Å². The smallest absolute Gasteiger partial charge is 0.850 e. The topological polar surface area (TPSA) is 52.7 Å². The maximum Gasteiger partial charge on any atom is 1.00 e. The van der Waals surface area contributed by atoms with E-state index < -0.39 is 5.60 Å². The van der Waals surface area contributed by atoms with E-state index in [1.807, 2.05) is 0 Å². The second-order valence-electron chi connectivity index (χ2n) is 9.64. The number of rotatable bonds is 0. The van der Waals surface area contributed by atoms with Crippen LogP contribution in [0.2, 0.25) is 0 Å². The second-order valence-corrected chi connectivity index (χ2v) is 20.9. The Bertz CT molecular complexity index is 358. The Morgan fingerprint density at radius 3 is 1.46 bits per heavy atom. The van der Waals surface area contributed by atoms with E-state index in [1.54, 1.807) is 20.8 Å². The Morgan fingerprint density at radius 2 is 1.18 bits per heavy atom. The van der Waals surface area contributed by atoms with Crippen LogP contribution in [-0.2, 0) is 9.53 Å². The molecule has 0 N–H and O–H groups in total. The van der Waals surface area contributed by atoms with E-state index in [2.05, 4.69) is 40.0 Å². The van der Waals surface area contributed by atoms with Crippen molar-refractivity contribution in [2.75, 3.05) is 25.4 Å². The standard InChI is InChI=1S/C8H14O.C7H12O.C4H9O.C3H9IS.K/c1-2-4-6-8(5-3-1)7-9-8;8-7-5-3-1-2-4-6-7;1-4(2,3)5;1-5(2,3)4;/h1-7H2;1-6H2;2*1-3H3;/q;;-1;;+1. The van der Waals surface area contributed by atoms with Gasteiger partial charge in [0.2, 0.25) is 0 Å². The molecule has 6 heteroatoms. The quantitative estimate of drug-likeness (QED) is 0.200. The van der Waals surface area contributed by atoms with Crippen LogP contribution in [0.1, 0.15) is 97.8 Å². The predicted octanol–water partition coefficient (Wildman–Crippen LogP) is 3.20. The Balaban J connectivity index is 0. The van der Waals surface area contributed by atoms with Crippen molar-refractivity contribution in [2.24, 2.45) is 0 Å². The van der Waals surface area contributed by atoms with Gasteiger partial charge in [0.1, 0.15) is 5.78 Å². The van der Waals surface area contributed by atoms with Gasteiger partial charge >= 0.3 is 51.4 Å². The number of halogens is 1. The van der Waals surface area contributed by atoms with Crippen LogP contribution in [0.3, 0.4) is 0 Å². The Morgan fingerprint density at radius 1 is 0.893 bits per heavy atom. The number of ether oxygens (including phenoxy) is 1. The van der Waals surface area contributed by atoms with E-state index in [0.717, 1.165) is 32.3 Å². The largest absolute Gasteiger partial charge is 1.00 e. The fourth-order valence-electron chi connectivity index (χ4n) is 2.89. The van der Waals surface area contributed by atoms with Crippen molar-refractivity contribution in [3.8, 4) is 0 Å². The summed E-state index contributed by atoms with van der Waals surface area (Å²) in [6.45, 7) is 5.96. The SMILES string of the molecule is C1CCCC2(CC1)CO2.CC(C)(C)[O-].CS(C)(C)I.O=C1CCCCCC1.[K+]. The first-order chi connectivity index (χ1) is 12.3. The summed E-state index contributed by atoms with van der Waals surface area (Å²) in [7, 11) is -0.197. The molecule has 1 saturated heterocycles. The molecule has 1 heterocycles. The summed E-state index contributed by atoms with van der Waals surface area (Å²) >= 11 is 2.46. The van der Waals surface area contributed by atoms with Gasteiger partial charge in [0, 0.05) is 12.8 Å². The van der Waals surface area contributed by atoms with Gasteiger partial charge in [-0.1, -0.05) is 59.3 Å². The van der Waals surface area contributed by atoms with Crippen LogP contribution in [0.5, 0.6) is 0 Å². The van der Waals surface area contributed by atoms with Crippen molar-refractivity contribution in [2.45, 2.75) is 109 Å². The van der Waals surface area contributed by atoms with Gasteiger partial charge in [-0.2, -0.15) is 7.20 Å². The van der Waals surface area contributed by atoms with Crippen LogP contribution in [0, 0.1) is 0 Å². The summed E-state index contributed by atoms with van der Waals surface area (Å²) < 4.78 is 5.42. The van der Waals surface area contributed by atoms with Crippen LogP contribution < -0.4 is 56.5 Å². The average Bonchev–Trinajstić information content (AvgIpc) is 3.28. The monoisotopic (exact) mass is 554 g/mol.